The molecule has 2 saturated heterocycles. The zero-order valence-electron chi connectivity index (χ0n) is 15.0. The highest BCUT2D eigenvalue weighted by Gasteiger charge is 2.49. The van der Waals surface area contributed by atoms with Gasteiger partial charge in [0.1, 0.15) is 6.54 Å². The second-order valence-corrected chi connectivity index (χ2v) is 7.71. The molecule has 2 aliphatic heterocycles. The van der Waals surface area contributed by atoms with E-state index >= 15 is 0 Å². The number of aliphatic hydroxyl groups excluding tert-OH is 1. The van der Waals surface area contributed by atoms with Crippen molar-refractivity contribution in [2.45, 2.75) is 19.5 Å². The summed E-state index contributed by atoms with van der Waals surface area (Å²) in [5.74, 6) is 0.560. The summed E-state index contributed by atoms with van der Waals surface area (Å²) >= 11 is 0. The van der Waals surface area contributed by atoms with Crippen LogP contribution in [0.5, 0.6) is 0 Å². The first kappa shape index (κ1) is 17.2. The molecular formula is C20H26N4O2. The molecule has 1 aromatic heterocycles. The van der Waals surface area contributed by atoms with E-state index in [-0.39, 0.29) is 17.9 Å². The van der Waals surface area contributed by atoms with E-state index in [0.29, 0.717) is 19.0 Å². The molecule has 1 amide bonds. The number of benzene rings is 1. The number of hydrogen-bond donors (Lipinski definition) is 1. The van der Waals surface area contributed by atoms with E-state index in [9.17, 15) is 9.90 Å². The van der Waals surface area contributed by atoms with Crippen molar-refractivity contribution >= 4 is 5.91 Å². The maximum atomic E-state index is 12.7. The molecule has 26 heavy (non-hydrogen) atoms. The number of rotatable bonds is 5. The third-order valence-corrected chi connectivity index (χ3v) is 5.93. The molecule has 138 valence electrons. The SMILES string of the molecule is O=C(Cn1ccnc1)N1CC[C@H]2CN(Cc3ccccc3)C[C@@]2(CO)C1. The summed E-state index contributed by atoms with van der Waals surface area (Å²) in [5.41, 5.74) is 1.10. The lowest BCUT2D eigenvalue weighted by molar-refractivity contribution is -0.137. The van der Waals surface area contributed by atoms with Crippen LogP contribution in [0.2, 0.25) is 0 Å². The van der Waals surface area contributed by atoms with Gasteiger partial charge in [-0.2, -0.15) is 0 Å². The van der Waals surface area contributed by atoms with Gasteiger partial charge in [0.25, 0.3) is 0 Å². The molecule has 0 bridgehead atoms. The van der Waals surface area contributed by atoms with Crippen molar-refractivity contribution in [3.05, 3.63) is 54.6 Å². The van der Waals surface area contributed by atoms with Crippen LogP contribution in [0.25, 0.3) is 0 Å². The first-order valence-corrected chi connectivity index (χ1v) is 9.29. The highest BCUT2D eigenvalue weighted by atomic mass is 16.3. The number of piperidine rings is 1. The number of carbonyl (C=O) groups is 1. The van der Waals surface area contributed by atoms with E-state index in [1.165, 1.54) is 5.56 Å². The van der Waals surface area contributed by atoms with Crippen LogP contribution >= 0.6 is 0 Å². The largest absolute Gasteiger partial charge is 0.396 e. The summed E-state index contributed by atoms with van der Waals surface area (Å²) < 4.78 is 1.80. The standard InChI is InChI=1S/C20H26N4O2/c25-15-20-13-23(10-17-4-2-1-3-5-17)11-18(20)6-8-24(14-20)19(26)12-22-9-7-21-16-22/h1-5,7,9,16,18,25H,6,8,10-15H2/t18-,20-/m0/s1. The van der Waals surface area contributed by atoms with Crippen molar-refractivity contribution in [3.63, 3.8) is 0 Å². The minimum absolute atomic E-state index is 0.107. The Morgan fingerprint density at radius 3 is 2.85 bits per heavy atom. The van der Waals surface area contributed by atoms with Gasteiger partial charge in [-0.1, -0.05) is 30.3 Å². The van der Waals surface area contributed by atoms with E-state index in [2.05, 4.69) is 34.1 Å². The lowest BCUT2D eigenvalue weighted by Gasteiger charge is -2.43. The number of imidazole rings is 1. The Morgan fingerprint density at radius 2 is 2.12 bits per heavy atom. The van der Waals surface area contributed by atoms with Gasteiger partial charge in [-0.25, -0.2) is 4.98 Å². The third-order valence-electron chi connectivity index (χ3n) is 5.93. The van der Waals surface area contributed by atoms with Gasteiger partial charge >= 0.3 is 0 Å². The fourth-order valence-electron chi connectivity index (χ4n) is 4.53. The summed E-state index contributed by atoms with van der Waals surface area (Å²) in [4.78, 5) is 21.0. The minimum atomic E-state index is -0.197. The molecule has 0 unspecified atom stereocenters. The Morgan fingerprint density at radius 1 is 1.27 bits per heavy atom. The van der Waals surface area contributed by atoms with Crippen LogP contribution in [-0.4, -0.2) is 63.2 Å². The maximum absolute atomic E-state index is 12.7. The van der Waals surface area contributed by atoms with Crippen LogP contribution in [0.4, 0.5) is 0 Å². The molecule has 1 N–H and O–H groups in total. The lowest BCUT2D eigenvalue weighted by atomic mass is 9.74. The first-order chi connectivity index (χ1) is 12.7. The van der Waals surface area contributed by atoms with Crippen molar-refractivity contribution in [3.8, 4) is 0 Å². The molecule has 0 radical (unpaired) electrons. The van der Waals surface area contributed by atoms with E-state index in [1.807, 2.05) is 17.2 Å². The zero-order valence-corrected chi connectivity index (χ0v) is 15.0. The number of hydrogen-bond acceptors (Lipinski definition) is 4. The molecule has 3 heterocycles. The van der Waals surface area contributed by atoms with Gasteiger partial charge in [0.2, 0.25) is 5.91 Å². The van der Waals surface area contributed by atoms with E-state index in [4.69, 9.17) is 0 Å². The Balaban J connectivity index is 1.42. The number of carbonyl (C=O) groups excluding carboxylic acids is 1. The van der Waals surface area contributed by atoms with Crippen molar-refractivity contribution in [2.24, 2.45) is 11.3 Å². The Labute approximate surface area is 154 Å². The molecule has 1 aromatic carbocycles. The van der Waals surface area contributed by atoms with Crippen LogP contribution in [0, 0.1) is 11.3 Å². The summed E-state index contributed by atoms with van der Waals surface area (Å²) in [6, 6.07) is 10.5. The van der Waals surface area contributed by atoms with Gasteiger partial charge in [-0.15, -0.1) is 0 Å². The summed E-state index contributed by atoms with van der Waals surface area (Å²) in [6.45, 7) is 4.63. The smallest absolute Gasteiger partial charge is 0.242 e. The normalized spacial score (nSPS) is 26.0. The molecule has 2 aromatic rings. The van der Waals surface area contributed by atoms with Crippen molar-refractivity contribution in [1.29, 1.82) is 0 Å². The molecule has 2 fully saturated rings. The Hall–Kier alpha value is -2.18. The number of fused-ring (bicyclic) bond motifs is 1. The molecule has 0 saturated carbocycles. The maximum Gasteiger partial charge on any atom is 0.242 e. The van der Waals surface area contributed by atoms with Gasteiger partial charge in [-0.05, 0) is 17.9 Å². The predicted octanol–water partition coefficient (Wildman–Crippen LogP) is 1.23. The van der Waals surface area contributed by atoms with Crippen molar-refractivity contribution in [2.75, 3.05) is 32.8 Å². The molecular weight excluding hydrogens is 328 g/mol. The van der Waals surface area contributed by atoms with Crippen LogP contribution in [0.1, 0.15) is 12.0 Å². The molecule has 4 rings (SSSR count). The number of nitrogens with zero attached hydrogens (tertiary/aromatic N) is 4. The van der Waals surface area contributed by atoms with Crippen molar-refractivity contribution in [1.82, 2.24) is 19.4 Å². The lowest BCUT2D eigenvalue weighted by Crippen LogP contribution is -2.53. The minimum Gasteiger partial charge on any atom is -0.396 e. The van der Waals surface area contributed by atoms with Crippen molar-refractivity contribution < 1.29 is 9.90 Å². The fraction of sp³-hybridized carbons (Fsp3) is 0.500. The molecule has 0 aliphatic carbocycles. The zero-order chi connectivity index (χ0) is 18.0. The number of aromatic nitrogens is 2. The van der Waals surface area contributed by atoms with E-state index in [0.717, 1.165) is 32.6 Å². The second kappa shape index (κ2) is 7.21. The molecule has 6 heteroatoms. The predicted molar refractivity (Wildman–Crippen MR) is 98.2 cm³/mol. The fourth-order valence-corrected chi connectivity index (χ4v) is 4.53. The van der Waals surface area contributed by atoms with Gasteiger partial charge in [-0.3, -0.25) is 9.69 Å². The Kier molecular flexibility index (Phi) is 4.78. The van der Waals surface area contributed by atoms with E-state index in [1.54, 1.807) is 17.1 Å². The van der Waals surface area contributed by atoms with Crippen LogP contribution in [-0.2, 0) is 17.9 Å². The quantitative estimate of drug-likeness (QED) is 0.877. The van der Waals surface area contributed by atoms with E-state index < -0.39 is 0 Å². The molecule has 6 nitrogen and oxygen atoms in total. The van der Waals surface area contributed by atoms with Gasteiger partial charge in [0, 0.05) is 50.5 Å². The van der Waals surface area contributed by atoms with Gasteiger partial charge < -0.3 is 14.6 Å². The molecule has 0 spiro atoms. The number of amides is 1. The molecule has 2 aliphatic rings. The number of likely N-dealkylation sites (tertiary alicyclic amines) is 2. The highest BCUT2D eigenvalue weighted by Crippen LogP contribution is 2.42. The average molecular weight is 354 g/mol. The second-order valence-electron chi connectivity index (χ2n) is 7.71. The summed E-state index contributed by atoms with van der Waals surface area (Å²) in [5, 5.41) is 10.2. The van der Waals surface area contributed by atoms with Crippen LogP contribution in [0.15, 0.2) is 49.1 Å². The summed E-state index contributed by atoms with van der Waals surface area (Å²) in [7, 11) is 0. The monoisotopic (exact) mass is 354 g/mol. The molecule has 2 atom stereocenters. The highest BCUT2D eigenvalue weighted by molar-refractivity contribution is 5.76. The number of aliphatic hydroxyl groups is 1. The Bertz CT molecular complexity index is 734. The third kappa shape index (κ3) is 3.39. The first-order valence-electron chi connectivity index (χ1n) is 9.29. The summed E-state index contributed by atoms with van der Waals surface area (Å²) in [6.07, 6.45) is 6.13. The average Bonchev–Trinajstić information content (AvgIpc) is 3.29. The van der Waals surface area contributed by atoms with Crippen LogP contribution in [0.3, 0.4) is 0 Å². The van der Waals surface area contributed by atoms with Gasteiger partial charge in [0.15, 0.2) is 0 Å². The topological polar surface area (TPSA) is 61.6 Å². The van der Waals surface area contributed by atoms with Gasteiger partial charge in [0.05, 0.1) is 12.9 Å². The van der Waals surface area contributed by atoms with Crippen LogP contribution < -0.4 is 0 Å².